The Labute approximate surface area is 126 Å². The van der Waals surface area contributed by atoms with Gasteiger partial charge in [-0.15, -0.1) is 0 Å². The summed E-state index contributed by atoms with van der Waals surface area (Å²) in [6, 6.07) is 11.5. The van der Waals surface area contributed by atoms with Gasteiger partial charge in [-0.05, 0) is 49.6 Å². The Hall–Kier alpha value is -1.85. The zero-order valence-corrected chi connectivity index (χ0v) is 13.3. The first-order chi connectivity index (χ1) is 9.77. The average molecular weight is 304 g/mol. The van der Waals surface area contributed by atoms with E-state index in [9.17, 15) is 8.42 Å². The van der Waals surface area contributed by atoms with Crippen LogP contribution in [0, 0.1) is 20.8 Å². The fourth-order valence-corrected chi connectivity index (χ4v) is 3.01. The van der Waals surface area contributed by atoms with Crippen LogP contribution >= 0.6 is 0 Å². The van der Waals surface area contributed by atoms with Crippen molar-refractivity contribution < 1.29 is 8.42 Å². The highest BCUT2D eigenvalue weighted by Crippen LogP contribution is 2.20. The number of hydrogen-bond acceptors (Lipinski definition) is 3. The summed E-state index contributed by atoms with van der Waals surface area (Å²) in [4.78, 5) is 0.161. The van der Waals surface area contributed by atoms with Gasteiger partial charge in [0.05, 0.1) is 4.90 Å². The molecule has 112 valence electrons. The molecule has 0 saturated heterocycles. The smallest absolute Gasteiger partial charge is 0.238 e. The van der Waals surface area contributed by atoms with Crippen LogP contribution in [0.1, 0.15) is 22.3 Å². The van der Waals surface area contributed by atoms with Crippen molar-refractivity contribution in [1.29, 1.82) is 0 Å². The molecule has 0 unspecified atom stereocenters. The predicted molar refractivity (Wildman–Crippen MR) is 85.8 cm³/mol. The number of benzene rings is 2. The molecule has 0 saturated carbocycles. The van der Waals surface area contributed by atoms with Crippen molar-refractivity contribution in [2.75, 3.05) is 5.32 Å². The van der Waals surface area contributed by atoms with Crippen molar-refractivity contribution >= 4 is 15.7 Å². The highest BCUT2D eigenvalue weighted by molar-refractivity contribution is 7.89. The zero-order chi connectivity index (χ0) is 15.6. The second kappa shape index (κ2) is 5.87. The van der Waals surface area contributed by atoms with Gasteiger partial charge in [-0.1, -0.05) is 29.8 Å². The summed E-state index contributed by atoms with van der Waals surface area (Å²) >= 11 is 0. The zero-order valence-electron chi connectivity index (χ0n) is 12.5. The fraction of sp³-hybridized carbons (Fsp3) is 0.250. The molecule has 5 heteroatoms. The molecule has 0 atom stereocenters. The van der Waals surface area contributed by atoms with E-state index in [2.05, 4.69) is 30.4 Å². The molecule has 0 radical (unpaired) electrons. The van der Waals surface area contributed by atoms with Crippen LogP contribution in [0.2, 0.25) is 0 Å². The van der Waals surface area contributed by atoms with E-state index >= 15 is 0 Å². The van der Waals surface area contributed by atoms with Crippen LogP contribution < -0.4 is 10.5 Å². The maximum Gasteiger partial charge on any atom is 0.238 e. The molecule has 0 fully saturated rings. The lowest BCUT2D eigenvalue weighted by Crippen LogP contribution is -2.14. The van der Waals surface area contributed by atoms with Gasteiger partial charge in [0.2, 0.25) is 10.0 Å². The number of nitrogens with one attached hydrogen (secondary N) is 1. The van der Waals surface area contributed by atoms with Gasteiger partial charge in [0.1, 0.15) is 0 Å². The first kappa shape index (κ1) is 15.5. The Morgan fingerprint density at radius 1 is 1.00 bits per heavy atom. The van der Waals surface area contributed by atoms with Crippen LogP contribution in [-0.4, -0.2) is 8.42 Å². The van der Waals surface area contributed by atoms with E-state index < -0.39 is 10.0 Å². The lowest BCUT2D eigenvalue weighted by Gasteiger charge is -2.12. The molecule has 4 nitrogen and oxygen atoms in total. The van der Waals surface area contributed by atoms with E-state index in [0.717, 1.165) is 5.69 Å². The SMILES string of the molecule is Cc1ccc(C)c(CNc2ccc(C)c(S(N)(=O)=O)c2)c1. The number of sulfonamides is 1. The standard InChI is InChI=1S/C16H20N2O2S/c1-11-4-5-12(2)14(8-11)10-18-15-7-6-13(3)16(9-15)21(17,19)20/h4-9,18H,10H2,1-3H3,(H2,17,19,20). The second-order valence-electron chi connectivity index (χ2n) is 5.31. The molecule has 0 bridgehead atoms. The van der Waals surface area contributed by atoms with Crippen molar-refractivity contribution in [3.63, 3.8) is 0 Å². The van der Waals surface area contributed by atoms with Gasteiger partial charge in [0.25, 0.3) is 0 Å². The number of primary sulfonamides is 1. The Bertz CT molecular complexity index is 768. The minimum atomic E-state index is -3.69. The molecule has 0 heterocycles. The van der Waals surface area contributed by atoms with E-state index in [1.54, 1.807) is 19.1 Å². The van der Waals surface area contributed by atoms with Gasteiger partial charge in [0.15, 0.2) is 0 Å². The normalized spacial score (nSPS) is 11.4. The third-order valence-corrected chi connectivity index (χ3v) is 4.54. The number of hydrogen-bond donors (Lipinski definition) is 2. The first-order valence-electron chi connectivity index (χ1n) is 6.71. The molecular weight excluding hydrogens is 284 g/mol. The third-order valence-electron chi connectivity index (χ3n) is 3.48. The predicted octanol–water partition coefficient (Wildman–Crippen LogP) is 2.87. The van der Waals surface area contributed by atoms with Crippen molar-refractivity contribution in [1.82, 2.24) is 0 Å². The topological polar surface area (TPSA) is 72.2 Å². The first-order valence-corrected chi connectivity index (χ1v) is 8.25. The summed E-state index contributed by atoms with van der Waals surface area (Å²) in [5, 5.41) is 8.47. The van der Waals surface area contributed by atoms with Gasteiger partial charge in [0, 0.05) is 12.2 Å². The second-order valence-corrected chi connectivity index (χ2v) is 6.84. The number of rotatable bonds is 4. The van der Waals surface area contributed by atoms with Crippen LogP contribution in [0.3, 0.4) is 0 Å². The molecule has 0 aliphatic rings. The van der Waals surface area contributed by atoms with E-state index in [0.29, 0.717) is 12.1 Å². The van der Waals surface area contributed by atoms with Crippen LogP contribution in [0.25, 0.3) is 0 Å². The van der Waals surface area contributed by atoms with E-state index in [1.165, 1.54) is 16.7 Å². The minimum Gasteiger partial charge on any atom is -0.381 e. The van der Waals surface area contributed by atoms with E-state index in [-0.39, 0.29) is 4.90 Å². The maximum absolute atomic E-state index is 11.5. The number of nitrogens with two attached hydrogens (primary N) is 1. The third kappa shape index (κ3) is 3.83. The summed E-state index contributed by atoms with van der Waals surface area (Å²) in [6.45, 7) is 6.48. The van der Waals surface area contributed by atoms with Crippen LogP contribution in [-0.2, 0) is 16.6 Å². The highest BCUT2D eigenvalue weighted by Gasteiger charge is 2.12. The Balaban J connectivity index is 2.23. The molecule has 2 rings (SSSR count). The van der Waals surface area contributed by atoms with Crippen LogP contribution in [0.4, 0.5) is 5.69 Å². The molecule has 2 aromatic rings. The molecule has 0 aromatic heterocycles. The summed E-state index contributed by atoms with van der Waals surface area (Å²) in [5.41, 5.74) is 4.98. The number of aryl methyl sites for hydroxylation is 3. The summed E-state index contributed by atoms with van der Waals surface area (Å²) in [5.74, 6) is 0. The Morgan fingerprint density at radius 3 is 2.33 bits per heavy atom. The Morgan fingerprint density at radius 2 is 1.67 bits per heavy atom. The lowest BCUT2D eigenvalue weighted by molar-refractivity contribution is 0.597. The fourth-order valence-electron chi connectivity index (χ4n) is 2.20. The highest BCUT2D eigenvalue weighted by atomic mass is 32.2. The van der Waals surface area contributed by atoms with Gasteiger partial charge < -0.3 is 5.32 Å². The quantitative estimate of drug-likeness (QED) is 0.912. The van der Waals surface area contributed by atoms with Crippen LogP contribution in [0.15, 0.2) is 41.3 Å². The molecule has 0 aliphatic carbocycles. The van der Waals surface area contributed by atoms with Crippen LogP contribution in [0.5, 0.6) is 0 Å². The molecule has 2 aromatic carbocycles. The van der Waals surface area contributed by atoms with Gasteiger partial charge in [-0.2, -0.15) is 0 Å². The monoisotopic (exact) mass is 304 g/mol. The van der Waals surface area contributed by atoms with Gasteiger partial charge >= 0.3 is 0 Å². The Kier molecular flexibility index (Phi) is 4.34. The molecule has 0 amide bonds. The minimum absolute atomic E-state index is 0.161. The van der Waals surface area contributed by atoms with Gasteiger partial charge in [-0.25, -0.2) is 13.6 Å². The number of anilines is 1. The van der Waals surface area contributed by atoms with E-state index in [4.69, 9.17) is 5.14 Å². The molecule has 0 aliphatic heterocycles. The van der Waals surface area contributed by atoms with Gasteiger partial charge in [-0.3, -0.25) is 0 Å². The van der Waals surface area contributed by atoms with Crippen molar-refractivity contribution in [3.05, 3.63) is 58.7 Å². The lowest BCUT2D eigenvalue weighted by atomic mass is 10.1. The van der Waals surface area contributed by atoms with E-state index in [1.807, 2.05) is 13.0 Å². The maximum atomic E-state index is 11.5. The average Bonchev–Trinajstić information content (AvgIpc) is 2.40. The van der Waals surface area contributed by atoms with Crippen molar-refractivity contribution in [2.24, 2.45) is 5.14 Å². The molecule has 3 N–H and O–H groups in total. The molecule has 21 heavy (non-hydrogen) atoms. The summed E-state index contributed by atoms with van der Waals surface area (Å²) in [7, 11) is -3.69. The molecule has 0 spiro atoms. The summed E-state index contributed by atoms with van der Waals surface area (Å²) in [6.07, 6.45) is 0. The summed E-state index contributed by atoms with van der Waals surface area (Å²) < 4.78 is 23.1. The molecular formula is C16H20N2O2S. The largest absolute Gasteiger partial charge is 0.381 e. The van der Waals surface area contributed by atoms with Crippen molar-refractivity contribution in [3.8, 4) is 0 Å². The van der Waals surface area contributed by atoms with Crippen molar-refractivity contribution in [2.45, 2.75) is 32.2 Å².